The van der Waals surface area contributed by atoms with Gasteiger partial charge in [0, 0.05) is 6.54 Å². The number of unbranched alkanes of at least 4 members (excludes halogenated alkanes) is 1. The maximum absolute atomic E-state index is 10.8. The summed E-state index contributed by atoms with van der Waals surface area (Å²) in [6.07, 6.45) is 2.82. The summed E-state index contributed by atoms with van der Waals surface area (Å²) in [4.78, 5) is 20.6. The summed E-state index contributed by atoms with van der Waals surface area (Å²) in [7, 11) is 0. The first-order chi connectivity index (χ1) is 6.22. The number of carbonyl (C=O) groups is 2. The number of rotatable bonds is 7. The van der Waals surface area contributed by atoms with Gasteiger partial charge < -0.3 is 11.1 Å². The van der Waals surface area contributed by atoms with E-state index in [1.165, 1.54) is 0 Å². The molecule has 0 saturated carbocycles. The predicted molar refractivity (Wildman–Crippen MR) is 48.2 cm³/mol. The summed E-state index contributed by atoms with van der Waals surface area (Å²) in [5.74, 6) is 4.53. The Morgan fingerprint density at radius 2 is 2.15 bits per heavy atom. The van der Waals surface area contributed by atoms with Gasteiger partial charge in [0.2, 0.25) is 6.41 Å². The lowest BCUT2D eigenvalue weighted by atomic mass is 10.1. The molecular formula is C7H16N4O2. The largest absolute Gasteiger partial charge is 0.359 e. The number of amides is 2. The molecule has 0 bridgehead atoms. The van der Waals surface area contributed by atoms with Crippen LogP contribution in [0, 0.1) is 0 Å². The third kappa shape index (κ3) is 6.06. The fourth-order valence-electron chi connectivity index (χ4n) is 0.888. The number of hydrogen-bond donors (Lipinski definition) is 4. The van der Waals surface area contributed by atoms with Crippen LogP contribution in [0.25, 0.3) is 0 Å². The van der Waals surface area contributed by atoms with Gasteiger partial charge in [-0.3, -0.25) is 15.0 Å². The molecule has 2 amide bonds. The van der Waals surface area contributed by atoms with Gasteiger partial charge >= 0.3 is 0 Å². The Balaban J connectivity index is 3.31. The second-order valence-corrected chi connectivity index (χ2v) is 2.68. The molecule has 1 atom stereocenters. The van der Waals surface area contributed by atoms with E-state index in [0.29, 0.717) is 19.4 Å². The maximum atomic E-state index is 10.8. The Kier molecular flexibility index (Phi) is 6.85. The quantitative estimate of drug-likeness (QED) is 0.124. The molecule has 0 radical (unpaired) electrons. The Morgan fingerprint density at radius 1 is 1.46 bits per heavy atom. The van der Waals surface area contributed by atoms with Gasteiger partial charge in [0.05, 0.1) is 6.04 Å². The fourth-order valence-corrected chi connectivity index (χ4v) is 0.888. The molecule has 6 nitrogen and oxygen atoms in total. The van der Waals surface area contributed by atoms with Gasteiger partial charge in [-0.1, -0.05) is 0 Å². The molecule has 6 N–H and O–H groups in total. The average molecular weight is 188 g/mol. The molecule has 0 aromatic rings. The Labute approximate surface area is 77.0 Å². The van der Waals surface area contributed by atoms with Crippen LogP contribution in [0.4, 0.5) is 0 Å². The van der Waals surface area contributed by atoms with Crippen molar-refractivity contribution in [2.75, 3.05) is 6.54 Å². The summed E-state index contributed by atoms with van der Waals surface area (Å²) in [6.45, 7) is 0.612. The highest BCUT2D eigenvalue weighted by molar-refractivity contribution is 5.80. The first-order valence-electron chi connectivity index (χ1n) is 4.15. The van der Waals surface area contributed by atoms with Gasteiger partial charge in [0.25, 0.3) is 5.91 Å². The highest BCUT2D eigenvalue weighted by atomic mass is 16.2. The minimum Gasteiger partial charge on any atom is -0.359 e. The van der Waals surface area contributed by atoms with Gasteiger partial charge in [-0.05, 0) is 19.3 Å². The molecule has 0 aromatic carbocycles. The van der Waals surface area contributed by atoms with Crippen molar-refractivity contribution in [3.05, 3.63) is 0 Å². The van der Waals surface area contributed by atoms with Crippen molar-refractivity contribution in [1.29, 1.82) is 0 Å². The van der Waals surface area contributed by atoms with Crippen molar-refractivity contribution in [1.82, 2.24) is 10.7 Å². The zero-order valence-electron chi connectivity index (χ0n) is 7.45. The zero-order valence-corrected chi connectivity index (χ0v) is 7.45. The molecule has 0 aliphatic heterocycles. The van der Waals surface area contributed by atoms with Gasteiger partial charge in [0.1, 0.15) is 0 Å². The first-order valence-corrected chi connectivity index (χ1v) is 4.15. The Bertz CT molecular complexity index is 163. The van der Waals surface area contributed by atoms with Crippen LogP contribution in [0.1, 0.15) is 19.3 Å². The van der Waals surface area contributed by atoms with Crippen LogP contribution < -0.4 is 22.3 Å². The molecule has 76 valence electrons. The van der Waals surface area contributed by atoms with E-state index in [4.69, 9.17) is 11.6 Å². The minimum atomic E-state index is -0.554. The van der Waals surface area contributed by atoms with E-state index in [1.807, 2.05) is 5.43 Å². The second kappa shape index (κ2) is 7.51. The number of hydrogen-bond acceptors (Lipinski definition) is 4. The monoisotopic (exact) mass is 188 g/mol. The molecule has 0 aromatic heterocycles. The average Bonchev–Trinajstić information content (AvgIpc) is 2.16. The van der Waals surface area contributed by atoms with Crippen molar-refractivity contribution >= 4 is 12.3 Å². The minimum absolute atomic E-state index is 0.358. The smallest absolute Gasteiger partial charge is 0.250 e. The lowest BCUT2D eigenvalue weighted by Crippen LogP contribution is -2.43. The van der Waals surface area contributed by atoms with E-state index in [-0.39, 0.29) is 5.91 Å². The topological polar surface area (TPSA) is 110 Å². The first kappa shape index (κ1) is 11.9. The summed E-state index contributed by atoms with van der Waals surface area (Å²) in [6, 6.07) is -0.554. The molecule has 0 aliphatic carbocycles. The van der Waals surface area contributed by atoms with Crippen molar-refractivity contribution < 1.29 is 9.59 Å². The molecule has 1 unspecified atom stereocenters. The Morgan fingerprint density at radius 3 is 2.69 bits per heavy atom. The lowest BCUT2D eigenvalue weighted by Gasteiger charge is -2.08. The maximum Gasteiger partial charge on any atom is 0.250 e. The van der Waals surface area contributed by atoms with Gasteiger partial charge in [0.15, 0.2) is 0 Å². The molecular weight excluding hydrogens is 172 g/mol. The Hall–Kier alpha value is -1.14. The van der Waals surface area contributed by atoms with Gasteiger partial charge in [-0.15, -0.1) is 0 Å². The van der Waals surface area contributed by atoms with E-state index in [9.17, 15) is 9.59 Å². The summed E-state index contributed by atoms with van der Waals surface area (Å²) in [5.41, 5.74) is 7.44. The number of nitrogens with one attached hydrogen (secondary N) is 2. The molecule has 0 spiro atoms. The third-order valence-corrected chi connectivity index (χ3v) is 1.65. The zero-order chi connectivity index (χ0) is 10.1. The highest BCUT2D eigenvalue weighted by Crippen LogP contribution is 1.97. The lowest BCUT2D eigenvalue weighted by molar-refractivity contribution is -0.122. The molecule has 0 rings (SSSR count). The van der Waals surface area contributed by atoms with Crippen LogP contribution in [0.5, 0.6) is 0 Å². The van der Waals surface area contributed by atoms with Gasteiger partial charge in [-0.25, -0.2) is 5.84 Å². The highest BCUT2D eigenvalue weighted by Gasteiger charge is 2.10. The van der Waals surface area contributed by atoms with Crippen molar-refractivity contribution in [2.24, 2.45) is 11.6 Å². The van der Waals surface area contributed by atoms with Crippen molar-refractivity contribution in [2.45, 2.75) is 25.3 Å². The van der Waals surface area contributed by atoms with Crippen LogP contribution in [0.2, 0.25) is 0 Å². The normalized spacial score (nSPS) is 11.8. The summed E-state index contributed by atoms with van der Waals surface area (Å²) < 4.78 is 0. The van der Waals surface area contributed by atoms with Crippen LogP contribution in [0.3, 0.4) is 0 Å². The third-order valence-electron chi connectivity index (χ3n) is 1.65. The molecule has 0 heterocycles. The molecule has 6 heteroatoms. The number of hydrazine groups is 1. The van der Waals surface area contributed by atoms with E-state index in [2.05, 4.69) is 5.32 Å². The van der Waals surface area contributed by atoms with E-state index < -0.39 is 6.04 Å². The van der Waals surface area contributed by atoms with Crippen LogP contribution in [0.15, 0.2) is 0 Å². The predicted octanol–water partition coefficient (Wildman–Crippen LogP) is -1.78. The van der Waals surface area contributed by atoms with E-state index in [1.54, 1.807) is 0 Å². The summed E-state index contributed by atoms with van der Waals surface area (Å²) >= 11 is 0. The second-order valence-electron chi connectivity index (χ2n) is 2.68. The van der Waals surface area contributed by atoms with E-state index >= 15 is 0 Å². The molecule has 0 saturated heterocycles. The van der Waals surface area contributed by atoms with Gasteiger partial charge in [-0.2, -0.15) is 0 Å². The number of carbonyl (C=O) groups excluding carboxylic acids is 2. The van der Waals surface area contributed by atoms with Crippen LogP contribution in [-0.2, 0) is 9.59 Å². The summed E-state index contributed by atoms with van der Waals surface area (Å²) in [5, 5.41) is 2.52. The SMILES string of the molecule is NNC(=O)C(N)CCCCNC=O. The molecule has 0 fully saturated rings. The standard InChI is InChI=1S/C7H16N4O2/c8-6(7(13)11-9)3-1-2-4-10-5-12/h5-6H,1-4,8-9H2,(H,10,12)(H,11,13). The number of nitrogens with two attached hydrogens (primary N) is 2. The van der Waals surface area contributed by atoms with Crippen molar-refractivity contribution in [3.63, 3.8) is 0 Å². The van der Waals surface area contributed by atoms with Crippen molar-refractivity contribution in [3.8, 4) is 0 Å². The molecule has 0 aliphatic rings. The van der Waals surface area contributed by atoms with Crippen LogP contribution >= 0.6 is 0 Å². The molecule has 13 heavy (non-hydrogen) atoms. The van der Waals surface area contributed by atoms with Crippen LogP contribution in [-0.4, -0.2) is 24.9 Å². The fraction of sp³-hybridized carbons (Fsp3) is 0.714. The van der Waals surface area contributed by atoms with E-state index in [0.717, 1.165) is 12.8 Å².